The summed E-state index contributed by atoms with van der Waals surface area (Å²) >= 11 is 1.30. The van der Waals surface area contributed by atoms with Gasteiger partial charge in [-0.25, -0.2) is 9.78 Å². The summed E-state index contributed by atoms with van der Waals surface area (Å²) in [4.78, 5) is 31.0. The van der Waals surface area contributed by atoms with Crippen molar-refractivity contribution in [2.24, 2.45) is 0 Å². The molecule has 3 aromatic rings. The highest BCUT2D eigenvalue weighted by Crippen LogP contribution is 2.16. The Balaban J connectivity index is 1.59. The molecule has 0 atom stereocenters. The lowest BCUT2D eigenvalue weighted by Crippen LogP contribution is -2.35. The zero-order valence-corrected chi connectivity index (χ0v) is 18.0. The minimum absolute atomic E-state index is 0.184. The highest BCUT2D eigenvalue weighted by molar-refractivity contribution is 7.13. The van der Waals surface area contributed by atoms with Crippen molar-refractivity contribution in [3.63, 3.8) is 0 Å². The Morgan fingerprint density at radius 2 is 1.74 bits per heavy atom. The van der Waals surface area contributed by atoms with E-state index in [1.54, 1.807) is 16.4 Å². The van der Waals surface area contributed by atoms with Crippen molar-refractivity contribution in [3.8, 4) is 0 Å². The number of thiazole rings is 1. The summed E-state index contributed by atoms with van der Waals surface area (Å²) in [6.45, 7) is 4.84. The molecule has 2 aromatic carbocycles. The molecule has 0 aliphatic heterocycles. The van der Waals surface area contributed by atoms with Crippen LogP contribution in [0.15, 0.2) is 78.7 Å². The number of carbonyl (C=O) groups excluding carboxylic acids is 2. The number of ether oxygens (including phenoxy) is 1. The van der Waals surface area contributed by atoms with Gasteiger partial charge in [-0.2, -0.15) is 0 Å². The maximum Gasteiger partial charge on any atom is 0.358 e. The van der Waals surface area contributed by atoms with Crippen LogP contribution >= 0.6 is 11.3 Å². The van der Waals surface area contributed by atoms with E-state index < -0.39 is 5.97 Å². The minimum Gasteiger partial charge on any atom is -0.451 e. The second-order valence-corrected chi connectivity index (χ2v) is 7.68. The van der Waals surface area contributed by atoms with Gasteiger partial charge in [-0.1, -0.05) is 66.7 Å². The quantitative estimate of drug-likeness (QED) is 0.362. The van der Waals surface area contributed by atoms with Gasteiger partial charge in [-0.3, -0.25) is 4.79 Å². The van der Waals surface area contributed by atoms with Crippen molar-refractivity contribution >= 4 is 28.3 Å². The van der Waals surface area contributed by atoms with Crippen LogP contribution in [-0.2, 0) is 22.5 Å². The predicted molar refractivity (Wildman–Crippen MR) is 123 cm³/mol. The summed E-state index contributed by atoms with van der Waals surface area (Å²) in [5.74, 6) is -0.854. The number of benzene rings is 2. The number of anilines is 1. The lowest BCUT2D eigenvalue weighted by atomic mass is 10.1. The highest BCUT2D eigenvalue weighted by atomic mass is 32.1. The second kappa shape index (κ2) is 11.7. The SMILES string of the molecule is C=CCNc1nc(C(=O)OCC(=O)N(CCc2ccccc2)Cc2ccccc2)cs1. The third-order valence-electron chi connectivity index (χ3n) is 4.52. The molecule has 0 bridgehead atoms. The molecule has 0 aliphatic carbocycles. The van der Waals surface area contributed by atoms with Crippen LogP contribution in [0.2, 0.25) is 0 Å². The third-order valence-corrected chi connectivity index (χ3v) is 5.32. The van der Waals surface area contributed by atoms with Crippen LogP contribution in [0.5, 0.6) is 0 Å². The maximum atomic E-state index is 12.9. The van der Waals surface area contributed by atoms with E-state index in [1.807, 2.05) is 60.7 Å². The molecule has 160 valence electrons. The molecule has 0 spiro atoms. The average molecular weight is 436 g/mol. The fourth-order valence-electron chi connectivity index (χ4n) is 2.91. The van der Waals surface area contributed by atoms with Crippen molar-refractivity contribution in [1.82, 2.24) is 9.88 Å². The normalized spacial score (nSPS) is 10.3. The largest absolute Gasteiger partial charge is 0.451 e. The van der Waals surface area contributed by atoms with Gasteiger partial charge in [0.05, 0.1) is 0 Å². The van der Waals surface area contributed by atoms with Crippen LogP contribution in [0.4, 0.5) is 5.13 Å². The van der Waals surface area contributed by atoms with Crippen molar-refractivity contribution < 1.29 is 14.3 Å². The molecule has 1 heterocycles. The lowest BCUT2D eigenvalue weighted by molar-refractivity contribution is -0.135. The first kappa shape index (κ1) is 22.2. The van der Waals surface area contributed by atoms with Crippen molar-refractivity contribution in [2.45, 2.75) is 13.0 Å². The fraction of sp³-hybridized carbons (Fsp3) is 0.208. The van der Waals surface area contributed by atoms with E-state index in [2.05, 4.69) is 16.9 Å². The van der Waals surface area contributed by atoms with E-state index in [-0.39, 0.29) is 18.2 Å². The summed E-state index contributed by atoms with van der Waals surface area (Å²) < 4.78 is 5.24. The Labute approximate surface area is 186 Å². The predicted octanol–water partition coefficient (Wildman–Crippen LogP) is 4.17. The Kier molecular flexibility index (Phi) is 8.37. The third kappa shape index (κ3) is 7.08. The average Bonchev–Trinajstić information content (AvgIpc) is 3.29. The molecule has 0 unspecified atom stereocenters. The van der Waals surface area contributed by atoms with Gasteiger partial charge in [0.2, 0.25) is 0 Å². The first-order chi connectivity index (χ1) is 15.2. The molecule has 3 rings (SSSR count). The molecule has 1 aromatic heterocycles. The number of hydrogen-bond donors (Lipinski definition) is 1. The summed E-state index contributed by atoms with van der Waals surface area (Å²) in [7, 11) is 0. The Morgan fingerprint density at radius 3 is 2.42 bits per heavy atom. The molecule has 0 aliphatic rings. The van der Waals surface area contributed by atoms with Crippen molar-refractivity contribution in [2.75, 3.05) is 25.0 Å². The Hall–Kier alpha value is -3.45. The van der Waals surface area contributed by atoms with Gasteiger partial charge in [-0.15, -0.1) is 17.9 Å². The van der Waals surface area contributed by atoms with Gasteiger partial charge in [0.25, 0.3) is 5.91 Å². The molecular formula is C24H25N3O3S. The topological polar surface area (TPSA) is 71.5 Å². The van der Waals surface area contributed by atoms with Gasteiger partial charge in [0.1, 0.15) is 0 Å². The molecule has 1 amide bonds. The van der Waals surface area contributed by atoms with Gasteiger partial charge in [0.15, 0.2) is 17.4 Å². The van der Waals surface area contributed by atoms with E-state index in [4.69, 9.17) is 4.74 Å². The van der Waals surface area contributed by atoms with Crippen LogP contribution in [0.25, 0.3) is 0 Å². The summed E-state index contributed by atoms with van der Waals surface area (Å²) in [6, 6.07) is 19.8. The fourth-order valence-corrected chi connectivity index (χ4v) is 3.60. The molecule has 0 radical (unpaired) electrons. The van der Waals surface area contributed by atoms with Crippen LogP contribution in [0.3, 0.4) is 0 Å². The van der Waals surface area contributed by atoms with E-state index in [0.717, 1.165) is 17.5 Å². The number of aromatic nitrogens is 1. The second-order valence-electron chi connectivity index (χ2n) is 6.82. The molecule has 31 heavy (non-hydrogen) atoms. The van der Waals surface area contributed by atoms with Crippen LogP contribution < -0.4 is 5.32 Å². The van der Waals surface area contributed by atoms with Crippen LogP contribution in [0, 0.1) is 0 Å². The van der Waals surface area contributed by atoms with E-state index in [0.29, 0.717) is 24.8 Å². The van der Waals surface area contributed by atoms with Gasteiger partial charge >= 0.3 is 5.97 Å². The van der Waals surface area contributed by atoms with Crippen molar-refractivity contribution in [1.29, 1.82) is 0 Å². The monoisotopic (exact) mass is 435 g/mol. The zero-order chi connectivity index (χ0) is 21.9. The Bertz CT molecular complexity index is 990. The van der Waals surface area contributed by atoms with Crippen molar-refractivity contribution in [3.05, 3.63) is 95.5 Å². The molecule has 1 N–H and O–H groups in total. The number of hydrogen-bond acceptors (Lipinski definition) is 6. The van der Waals surface area contributed by atoms with Gasteiger partial charge < -0.3 is 15.0 Å². The van der Waals surface area contributed by atoms with E-state index in [1.165, 1.54) is 11.3 Å². The van der Waals surface area contributed by atoms with E-state index >= 15 is 0 Å². The molecule has 6 nitrogen and oxygen atoms in total. The number of amides is 1. The van der Waals surface area contributed by atoms with Gasteiger partial charge in [-0.05, 0) is 17.5 Å². The maximum absolute atomic E-state index is 12.9. The summed E-state index contributed by atoms with van der Waals surface area (Å²) in [5, 5.41) is 5.23. The minimum atomic E-state index is -0.612. The number of nitrogens with zero attached hydrogens (tertiary/aromatic N) is 2. The summed E-state index contributed by atoms with van der Waals surface area (Å²) in [5.41, 5.74) is 2.35. The molecule has 0 saturated heterocycles. The highest BCUT2D eigenvalue weighted by Gasteiger charge is 2.18. The van der Waals surface area contributed by atoms with E-state index in [9.17, 15) is 9.59 Å². The smallest absolute Gasteiger partial charge is 0.358 e. The first-order valence-electron chi connectivity index (χ1n) is 9.98. The summed E-state index contributed by atoms with van der Waals surface area (Å²) in [6.07, 6.45) is 2.42. The van der Waals surface area contributed by atoms with Gasteiger partial charge in [0, 0.05) is 25.0 Å². The standard InChI is InChI=1S/C24H25N3O3S/c1-2-14-25-24-26-21(18-31-24)23(29)30-17-22(28)27(16-20-11-7-4-8-12-20)15-13-19-9-5-3-6-10-19/h2-12,18H,1,13-17H2,(H,25,26). The molecule has 0 fully saturated rings. The van der Waals surface area contributed by atoms with Crippen LogP contribution in [-0.4, -0.2) is 41.5 Å². The zero-order valence-electron chi connectivity index (χ0n) is 17.2. The number of carbonyl (C=O) groups is 2. The molecule has 7 heteroatoms. The van der Waals surface area contributed by atoms with Crippen LogP contribution in [0.1, 0.15) is 21.6 Å². The first-order valence-corrected chi connectivity index (χ1v) is 10.9. The Morgan fingerprint density at radius 1 is 1.06 bits per heavy atom. The molecular weight excluding hydrogens is 410 g/mol. The number of rotatable bonds is 11. The lowest BCUT2D eigenvalue weighted by Gasteiger charge is -2.23. The number of nitrogens with one attached hydrogen (secondary N) is 1. The molecule has 0 saturated carbocycles. The number of esters is 1.